The van der Waals surface area contributed by atoms with Crippen molar-refractivity contribution in [3.05, 3.63) is 86.4 Å². The van der Waals surface area contributed by atoms with Crippen LogP contribution < -0.4 is 0 Å². The third-order valence-corrected chi connectivity index (χ3v) is 6.75. The summed E-state index contributed by atoms with van der Waals surface area (Å²) in [7, 11) is 0. The maximum absolute atomic E-state index is 12.7. The van der Waals surface area contributed by atoms with Gasteiger partial charge < -0.3 is 4.42 Å². The Morgan fingerprint density at radius 2 is 1.83 bits per heavy atom. The van der Waals surface area contributed by atoms with Gasteiger partial charge in [-0.15, -0.1) is 0 Å². The lowest BCUT2D eigenvalue weighted by Gasteiger charge is -2.13. The Labute approximate surface area is 192 Å². The number of carbonyl (C=O) groups is 2. The molecule has 2 aromatic carbocycles. The van der Waals surface area contributed by atoms with Crippen molar-refractivity contribution in [2.45, 2.75) is 23.5 Å². The maximum Gasteiger partial charge on any atom is 0.293 e. The summed E-state index contributed by atoms with van der Waals surface area (Å²) < 4.78 is 5.80. The number of thioether (sulfide) groups is 1. The highest BCUT2D eigenvalue weighted by Crippen LogP contribution is 2.36. The van der Waals surface area contributed by atoms with Gasteiger partial charge in [-0.3, -0.25) is 14.5 Å². The van der Waals surface area contributed by atoms with Gasteiger partial charge in [0.25, 0.3) is 11.1 Å². The molecule has 0 saturated carbocycles. The van der Waals surface area contributed by atoms with Crippen LogP contribution in [0.2, 0.25) is 10.0 Å². The van der Waals surface area contributed by atoms with Crippen LogP contribution in [0.25, 0.3) is 6.08 Å². The summed E-state index contributed by atoms with van der Waals surface area (Å²) in [5.41, 5.74) is 1.84. The standard InChI is InChI=1S/C22H15Cl2NO3S2/c1-13-2-7-17(8-3-13)29-20-9-6-16(28-20)11-19-21(26)25(22(27)30-19)12-14-4-5-15(23)10-18(14)24/h2-11H,12H2,1H3/b19-11-. The van der Waals surface area contributed by atoms with E-state index < -0.39 is 0 Å². The summed E-state index contributed by atoms with van der Waals surface area (Å²) >= 11 is 14.5. The molecule has 0 spiro atoms. The van der Waals surface area contributed by atoms with Gasteiger partial charge in [0.2, 0.25) is 0 Å². The first-order valence-electron chi connectivity index (χ1n) is 8.93. The van der Waals surface area contributed by atoms with E-state index >= 15 is 0 Å². The topological polar surface area (TPSA) is 50.5 Å². The van der Waals surface area contributed by atoms with Crippen LogP contribution in [0.15, 0.2) is 73.9 Å². The van der Waals surface area contributed by atoms with E-state index in [0.29, 0.717) is 31.4 Å². The summed E-state index contributed by atoms with van der Waals surface area (Å²) in [6, 6.07) is 16.7. The fourth-order valence-electron chi connectivity index (χ4n) is 2.78. The van der Waals surface area contributed by atoms with Crippen LogP contribution in [0.4, 0.5) is 4.79 Å². The Kier molecular flexibility index (Phi) is 6.29. The molecule has 4 nitrogen and oxygen atoms in total. The molecule has 0 radical (unpaired) electrons. The number of hydrogen-bond acceptors (Lipinski definition) is 5. The van der Waals surface area contributed by atoms with Gasteiger partial charge in [-0.1, -0.05) is 58.7 Å². The second-order valence-electron chi connectivity index (χ2n) is 6.58. The second kappa shape index (κ2) is 8.94. The molecular formula is C22H15Cl2NO3S2. The Balaban J connectivity index is 1.48. The van der Waals surface area contributed by atoms with Crippen molar-refractivity contribution in [1.29, 1.82) is 0 Å². The fourth-order valence-corrected chi connectivity index (χ4v) is 4.84. The van der Waals surface area contributed by atoms with E-state index in [2.05, 4.69) is 0 Å². The summed E-state index contributed by atoms with van der Waals surface area (Å²) in [6.45, 7) is 2.12. The lowest BCUT2D eigenvalue weighted by atomic mass is 10.2. The third kappa shape index (κ3) is 4.78. The van der Waals surface area contributed by atoms with Crippen LogP contribution in [-0.4, -0.2) is 16.0 Å². The number of benzene rings is 2. The van der Waals surface area contributed by atoms with Crippen LogP contribution in [0.1, 0.15) is 16.9 Å². The molecule has 0 atom stereocenters. The molecular weight excluding hydrogens is 461 g/mol. The maximum atomic E-state index is 12.7. The highest BCUT2D eigenvalue weighted by atomic mass is 35.5. The summed E-state index contributed by atoms with van der Waals surface area (Å²) in [4.78, 5) is 27.6. The molecule has 0 bridgehead atoms. The number of nitrogens with zero attached hydrogens (tertiary/aromatic N) is 1. The van der Waals surface area contributed by atoms with Gasteiger partial charge in [0.15, 0.2) is 5.09 Å². The molecule has 0 aliphatic carbocycles. The van der Waals surface area contributed by atoms with Crippen LogP contribution in [0.3, 0.4) is 0 Å². The number of hydrogen-bond donors (Lipinski definition) is 0. The Hall–Kier alpha value is -2.12. The van der Waals surface area contributed by atoms with Gasteiger partial charge in [0.1, 0.15) is 5.76 Å². The van der Waals surface area contributed by atoms with Gasteiger partial charge in [-0.25, -0.2) is 0 Å². The van der Waals surface area contributed by atoms with Gasteiger partial charge in [-0.2, -0.15) is 0 Å². The summed E-state index contributed by atoms with van der Waals surface area (Å²) in [6.07, 6.45) is 1.59. The van der Waals surface area contributed by atoms with Crippen molar-refractivity contribution in [1.82, 2.24) is 4.90 Å². The van der Waals surface area contributed by atoms with Gasteiger partial charge in [-0.05, 0) is 60.6 Å². The van der Waals surface area contributed by atoms with E-state index in [-0.39, 0.29) is 17.7 Å². The number of halogens is 2. The van der Waals surface area contributed by atoms with E-state index in [1.807, 2.05) is 37.3 Å². The number of carbonyl (C=O) groups excluding carboxylic acids is 2. The zero-order chi connectivity index (χ0) is 21.3. The first-order valence-corrected chi connectivity index (χ1v) is 11.3. The van der Waals surface area contributed by atoms with Gasteiger partial charge in [0.05, 0.1) is 11.4 Å². The Morgan fingerprint density at radius 3 is 2.57 bits per heavy atom. The molecule has 1 aromatic heterocycles. The van der Waals surface area contributed by atoms with Crippen molar-refractivity contribution in [2.75, 3.05) is 0 Å². The van der Waals surface area contributed by atoms with Gasteiger partial charge >= 0.3 is 0 Å². The zero-order valence-corrected chi connectivity index (χ0v) is 18.9. The molecule has 0 N–H and O–H groups in total. The smallest absolute Gasteiger partial charge is 0.293 e. The number of imide groups is 1. The van der Waals surface area contributed by atoms with Crippen LogP contribution >= 0.6 is 46.7 Å². The largest absolute Gasteiger partial charge is 0.450 e. The molecule has 30 heavy (non-hydrogen) atoms. The normalized spacial score (nSPS) is 15.4. The molecule has 2 amide bonds. The minimum atomic E-state index is -0.375. The van der Waals surface area contributed by atoms with Crippen LogP contribution in [-0.2, 0) is 11.3 Å². The molecule has 1 fully saturated rings. The molecule has 3 aromatic rings. The van der Waals surface area contributed by atoms with E-state index in [4.69, 9.17) is 27.6 Å². The van der Waals surface area contributed by atoms with E-state index in [1.165, 1.54) is 17.3 Å². The van der Waals surface area contributed by atoms with Crippen molar-refractivity contribution < 1.29 is 14.0 Å². The van der Waals surface area contributed by atoms with Crippen molar-refractivity contribution >= 4 is 63.9 Å². The number of furan rings is 1. The predicted octanol–water partition coefficient (Wildman–Crippen LogP) is 7.28. The highest BCUT2D eigenvalue weighted by molar-refractivity contribution is 8.18. The van der Waals surface area contributed by atoms with E-state index in [1.54, 1.807) is 30.3 Å². The predicted molar refractivity (Wildman–Crippen MR) is 122 cm³/mol. The molecule has 1 aliphatic heterocycles. The lowest BCUT2D eigenvalue weighted by Crippen LogP contribution is -2.27. The molecule has 152 valence electrons. The van der Waals surface area contributed by atoms with E-state index in [9.17, 15) is 9.59 Å². The molecule has 0 unspecified atom stereocenters. The first kappa shape index (κ1) is 21.1. The first-order chi connectivity index (χ1) is 14.4. The number of rotatable bonds is 5. The second-order valence-corrected chi connectivity index (χ2v) is 9.49. The van der Waals surface area contributed by atoms with Crippen molar-refractivity contribution in [3.63, 3.8) is 0 Å². The average Bonchev–Trinajstić information content (AvgIpc) is 3.25. The summed E-state index contributed by atoms with van der Waals surface area (Å²) in [5, 5.41) is 1.26. The van der Waals surface area contributed by atoms with Crippen LogP contribution in [0, 0.1) is 6.92 Å². The van der Waals surface area contributed by atoms with Gasteiger partial charge in [0, 0.05) is 21.0 Å². The summed E-state index contributed by atoms with van der Waals surface area (Å²) in [5.74, 6) is 0.139. The third-order valence-electron chi connectivity index (χ3n) is 4.33. The minimum Gasteiger partial charge on any atom is -0.450 e. The molecule has 8 heteroatoms. The SMILES string of the molecule is Cc1ccc(Sc2ccc(/C=C3\SC(=O)N(Cc4ccc(Cl)cc4Cl)C3=O)o2)cc1. The monoisotopic (exact) mass is 475 g/mol. The highest BCUT2D eigenvalue weighted by Gasteiger charge is 2.35. The average molecular weight is 476 g/mol. The fraction of sp³-hybridized carbons (Fsp3) is 0.0909. The van der Waals surface area contributed by atoms with Crippen LogP contribution in [0.5, 0.6) is 0 Å². The minimum absolute atomic E-state index is 0.0880. The molecule has 2 heterocycles. The van der Waals surface area contributed by atoms with E-state index in [0.717, 1.165) is 21.6 Å². The molecule has 1 saturated heterocycles. The lowest BCUT2D eigenvalue weighted by molar-refractivity contribution is -0.123. The number of aryl methyl sites for hydroxylation is 1. The quantitative estimate of drug-likeness (QED) is 0.362. The van der Waals surface area contributed by atoms with Crippen molar-refractivity contribution in [3.8, 4) is 0 Å². The van der Waals surface area contributed by atoms with Crippen molar-refractivity contribution in [2.24, 2.45) is 0 Å². The Morgan fingerprint density at radius 1 is 1.07 bits per heavy atom. The Bertz CT molecular complexity index is 1160. The molecule has 4 rings (SSSR count). The zero-order valence-electron chi connectivity index (χ0n) is 15.7. The molecule has 1 aliphatic rings. The number of amides is 2.